The minimum absolute atomic E-state index is 0.241. The zero-order valence-electron chi connectivity index (χ0n) is 16.4. The summed E-state index contributed by atoms with van der Waals surface area (Å²) in [7, 11) is -4.76. The van der Waals surface area contributed by atoms with E-state index in [-0.39, 0.29) is 22.6 Å². The first-order chi connectivity index (χ1) is 14.5. The number of fused-ring (bicyclic) bond motifs is 1. The van der Waals surface area contributed by atoms with Crippen LogP contribution in [0.2, 0.25) is 0 Å². The van der Waals surface area contributed by atoms with Crippen molar-refractivity contribution in [3.05, 3.63) is 48.5 Å². The van der Waals surface area contributed by atoms with Crippen LogP contribution in [0.3, 0.4) is 0 Å². The Morgan fingerprint density at radius 1 is 0.871 bits per heavy atom. The topological polar surface area (TPSA) is 158 Å². The maximum atomic E-state index is 11.9. The largest absolute Gasteiger partial charge is 0.505 e. The van der Waals surface area contributed by atoms with E-state index in [1.807, 2.05) is 0 Å². The molecule has 0 heterocycles. The molecule has 3 aromatic carbocycles. The SMILES string of the molecule is CC(=O)Nc1ccc(N=Nc2c(S(=O)(=O)O)cc3cc(NC(C)=O)ccc3c2O)cc1. The third-order valence-electron chi connectivity index (χ3n) is 4.10. The molecule has 3 rings (SSSR count). The van der Waals surface area contributed by atoms with Crippen molar-refractivity contribution in [2.45, 2.75) is 18.7 Å². The van der Waals surface area contributed by atoms with Crippen molar-refractivity contribution in [3.8, 4) is 5.75 Å². The summed E-state index contributed by atoms with van der Waals surface area (Å²) in [4.78, 5) is 21.7. The lowest BCUT2D eigenvalue weighted by Crippen LogP contribution is -2.05. The molecule has 0 aliphatic heterocycles. The molecule has 31 heavy (non-hydrogen) atoms. The summed E-state index contributed by atoms with van der Waals surface area (Å²) in [5, 5.41) is 24.0. The maximum Gasteiger partial charge on any atom is 0.296 e. The molecule has 0 bridgehead atoms. The summed E-state index contributed by atoms with van der Waals surface area (Å²) in [6.45, 7) is 2.68. The molecule has 0 saturated heterocycles. The van der Waals surface area contributed by atoms with E-state index in [1.54, 1.807) is 12.1 Å². The quantitative estimate of drug-likeness (QED) is 0.344. The van der Waals surface area contributed by atoms with Gasteiger partial charge in [-0.1, -0.05) is 0 Å². The fourth-order valence-electron chi connectivity index (χ4n) is 2.85. The van der Waals surface area contributed by atoms with Crippen LogP contribution in [-0.4, -0.2) is 29.9 Å². The predicted octanol–water partition coefficient (Wildman–Crippen LogP) is 4.12. The van der Waals surface area contributed by atoms with Crippen LogP contribution in [0.15, 0.2) is 63.7 Å². The van der Waals surface area contributed by atoms with Crippen LogP contribution in [0, 0.1) is 0 Å². The number of nitrogens with zero attached hydrogens (tertiary/aromatic N) is 2. The van der Waals surface area contributed by atoms with Gasteiger partial charge in [-0.15, -0.1) is 5.11 Å². The first-order valence-electron chi connectivity index (χ1n) is 8.89. The van der Waals surface area contributed by atoms with Gasteiger partial charge in [0.2, 0.25) is 11.8 Å². The van der Waals surface area contributed by atoms with Crippen molar-refractivity contribution in [1.29, 1.82) is 0 Å². The Morgan fingerprint density at radius 3 is 2.03 bits per heavy atom. The Morgan fingerprint density at radius 2 is 1.45 bits per heavy atom. The van der Waals surface area contributed by atoms with Gasteiger partial charge in [-0.2, -0.15) is 13.5 Å². The van der Waals surface area contributed by atoms with E-state index >= 15 is 0 Å². The number of phenolic OH excluding ortho intramolecular Hbond substituents is 1. The fourth-order valence-corrected chi connectivity index (χ4v) is 3.51. The lowest BCUT2D eigenvalue weighted by molar-refractivity contribution is -0.115. The lowest BCUT2D eigenvalue weighted by atomic mass is 10.1. The molecule has 11 heteroatoms. The molecule has 3 aromatic rings. The van der Waals surface area contributed by atoms with Crippen molar-refractivity contribution < 1.29 is 27.7 Å². The molecule has 0 spiro atoms. The Hall–Kier alpha value is -3.83. The van der Waals surface area contributed by atoms with Gasteiger partial charge in [-0.05, 0) is 53.9 Å². The molecule has 10 nitrogen and oxygen atoms in total. The number of amides is 2. The Balaban J connectivity index is 2.08. The van der Waals surface area contributed by atoms with Gasteiger partial charge in [0.25, 0.3) is 10.1 Å². The van der Waals surface area contributed by atoms with Crippen LogP contribution >= 0.6 is 0 Å². The van der Waals surface area contributed by atoms with E-state index in [4.69, 9.17) is 0 Å². The number of rotatable bonds is 5. The summed E-state index contributed by atoms with van der Waals surface area (Å²) in [5.74, 6) is -1.07. The lowest BCUT2D eigenvalue weighted by Gasteiger charge is -2.10. The predicted molar refractivity (Wildman–Crippen MR) is 115 cm³/mol. The number of anilines is 2. The standard InChI is InChI=1S/C20H18N4O6S/c1-11(25)21-14-3-5-15(6-4-14)23-24-19-18(31(28,29)30)10-13-9-16(22-12(2)26)7-8-17(13)20(19)27/h3-10,27H,1-2H3,(H,21,25)(H,22,26)(H,28,29,30). The van der Waals surface area contributed by atoms with E-state index in [0.29, 0.717) is 17.1 Å². The number of nitrogens with one attached hydrogen (secondary N) is 2. The monoisotopic (exact) mass is 442 g/mol. The summed E-state index contributed by atoms with van der Waals surface area (Å²) in [6, 6.07) is 11.8. The molecule has 2 amide bonds. The van der Waals surface area contributed by atoms with Gasteiger partial charge in [0.15, 0.2) is 5.75 Å². The smallest absolute Gasteiger partial charge is 0.296 e. The Kier molecular flexibility index (Phi) is 5.99. The van der Waals surface area contributed by atoms with Crippen LogP contribution in [0.4, 0.5) is 22.7 Å². The molecule has 0 radical (unpaired) electrons. The zero-order chi connectivity index (χ0) is 22.8. The number of hydrogen-bond donors (Lipinski definition) is 4. The van der Waals surface area contributed by atoms with Crippen LogP contribution in [-0.2, 0) is 19.7 Å². The summed E-state index contributed by atoms with van der Waals surface area (Å²) in [5.41, 5.74) is 0.798. The van der Waals surface area contributed by atoms with E-state index in [9.17, 15) is 27.7 Å². The molecule has 4 N–H and O–H groups in total. The third-order valence-corrected chi connectivity index (χ3v) is 4.97. The molecule has 0 aromatic heterocycles. The van der Waals surface area contributed by atoms with Gasteiger partial charge in [-0.3, -0.25) is 14.1 Å². The second kappa shape index (κ2) is 8.50. The number of carbonyl (C=O) groups is 2. The molecule has 0 unspecified atom stereocenters. The third kappa shape index (κ3) is 5.21. The molecule has 0 atom stereocenters. The van der Waals surface area contributed by atoms with E-state index in [0.717, 1.165) is 6.07 Å². The van der Waals surface area contributed by atoms with Crippen molar-refractivity contribution in [1.82, 2.24) is 0 Å². The van der Waals surface area contributed by atoms with Crippen LogP contribution in [0.1, 0.15) is 13.8 Å². The van der Waals surface area contributed by atoms with Gasteiger partial charge < -0.3 is 15.7 Å². The van der Waals surface area contributed by atoms with E-state index in [1.165, 1.54) is 44.2 Å². The number of carbonyl (C=O) groups excluding carboxylic acids is 2. The number of hydrogen-bond acceptors (Lipinski definition) is 7. The normalized spacial score (nSPS) is 11.6. The minimum atomic E-state index is -4.76. The van der Waals surface area contributed by atoms with Crippen LogP contribution in [0.25, 0.3) is 10.8 Å². The number of aromatic hydroxyl groups is 1. The molecule has 160 valence electrons. The summed E-state index contributed by atoms with van der Waals surface area (Å²) < 4.78 is 33.4. The first kappa shape index (κ1) is 21.9. The van der Waals surface area contributed by atoms with Crippen molar-refractivity contribution in [2.75, 3.05) is 10.6 Å². The summed E-state index contributed by atoms with van der Waals surface area (Å²) in [6.07, 6.45) is 0. The van der Waals surface area contributed by atoms with Crippen molar-refractivity contribution in [2.24, 2.45) is 10.2 Å². The molecule has 0 aliphatic carbocycles. The van der Waals surface area contributed by atoms with E-state index in [2.05, 4.69) is 20.9 Å². The van der Waals surface area contributed by atoms with Crippen LogP contribution in [0.5, 0.6) is 5.75 Å². The second-order valence-corrected chi connectivity index (χ2v) is 7.98. The zero-order valence-corrected chi connectivity index (χ0v) is 17.3. The average molecular weight is 442 g/mol. The molecular formula is C20H18N4O6S. The van der Waals surface area contributed by atoms with Gasteiger partial charge >= 0.3 is 0 Å². The Bertz CT molecular complexity index is 1320. The first-order valence-corrected chi connectivity index (χ1v) is 10.3. The molecular weight excluding hydrogens is 424 g/mol. The number of phenols is 1. The van der Waals surface area contributed by atoms with Crippen LogP contribution < -0.4 is 10.6 Å². The Labute approximate surface area is 177 Å². The highest BCUT2D eigenvalue weighted by Gasteiger charge is 2.22. The highest BCUT2D eigenvalue weighted by Crippen LogP contribution is 2.42. The van der Waals surface area contributed by atoms with Gasteiger partial charge in [0.1, 0.15) is 10.6 Å². The number of azo groups is 1. The maximum absolute atomic E-state index is 11.9. The van der Waals surface area contributed by atoms with E-state index < -0.39 is 26.5 Å². The van der Waals surface area contributed by atoms with Crippen molar-refractivity contribution in [3.63, 3.8) is 0 Å². The van der Waals surface area contributed by atoms with Gasteiger partial charge in [0, 0.05) is 30.6 Å². The molecule has 0 fully saturated rings. The highest BCUT2D eigenvalue weighted by atomic mass is 32.2. The fraction of sp³-hybridized carbons (Fsp3) is 0.100. The van der Waals surface area contributed by atoms with Crippen molar-refractivity contribution >= 4 is 55.5 Å². The second-order valence-electron chi connectivity index (χ2n) is 6.59. The highest BCUT2D eigenvalue weighted by molar-refractivity contribution is 7.86. The summed E-state index contributed by atoms with van der Waals surface area (Å²) >= 11 is 0. The molecule has 0 saturated carbocycles. The van der Waals surface area contributed by atoms with Gasteiger partial charge in [-0.25, -0.2) is 0 Å². The molecule has 0 aliphatic rings. The average Bonchev–Trinajstić information content (AvgIpc) is 2.66. The minimum Gasteiger partial charge on any atom is -0.505 e. The van der Waals surface area contributed by atoms with Gasteiger partial charge in [0.05, 0.1) is 5.69 Å². The number of benzene rings is 3.